The Morgan fingerprint density at radius 3 is 1.63 bits per heavy atom. The van der Waals surface area contributed by atoms with E-state index in [1.54, 1.807) is 0 Å². The first-order valence-electron chi connectivity index (χ1n) is 10.7. The van der Waals surface area contributed by atoms with Crippen LogP contribution in [0.15, 0.2) is 102 Å². The Hall–Kier alpha value is -2.19. The topological polar surface area (TPSA) is 9.23 Å². The summed E-state index contributed by atoms with van der Waals surface area (Å²) in [6.45, 7) is 9.16. The summed E-state index contributed by atoms with van der Waals surface area (Å²) < 4.78 is 10.7. The molecule has 1 unspecified atom stereocenters. The summed E-state index contributed by atoms with van der Waals surface area (Å²) in [4.78, 5) is 0. The molecule has 0 amide bonds. The molecule has 0 aromatic heterocycles. The Bertz CT molecular complexity index is 1070. The average molecular weight is 430 g/mol. The van der Waals surface area contributed by atoms with Crippen LogP contribution >= 0.6 is 0 Å². The molecule has 1 nitrogen and oxygen atoms in total. The van der Waals surface area contributed by atoms with Gasteiger partial charge in [-0.1, -0.05) is 0 Å². The number of rotatable bonds is 5. The summed E-state index contributed by atoms with van der Waals surface area (Å²) in [5, 5.41) is 0. The molecule has 0 N–H and O–H groups in total. The maximum absolute atomic E-state index is 6.67. The fourth-order valence-corrected chi connectivity index (χ4v) is 11.1. The number of hydrogen-bond donors (Lipinski definition) is 0. The Kier molecular flexibility index (Phi) is 5.98. The Morgan fingerprint density at radius 2 is 1.17 bits per heavy atom. The van der Waals surface area contributed by atoms with E-state index in [2.05, 4.69) is 113 Å². The van der Waals surface area contributed by atoms with Crippen LogP contribution in [0.5, 0.6) is 0 Å². The van der Waals surface area contributed by atoms with Gasteiger partial charge in [0.1, 0.15) is 0 Å². The van der Waals surface area contributed by atoms with Crippen LogP contribution in [0.2, 0.25) is 0 Å². The number of hydrogen-bond acceptors (Lipinski definition) is 1. The zero-order valence-electron chi connectivity index (χ0n) is 18.6. The first kappa shape index (κ1) is 21.1. The van der Waals surface area contributed by atoms with E-state index in [0.29, 0.717) is 5.92 Å². The van der Waals surface area contributed by atoms with Crippen molar-refractivity contribution < 1.29 is 20.3 Å². The zero-order valence-corrected chi connectivity index (χ0v) is 20.1. The van der Waals surface area contributed by atoms with E-state index in [1.165, 1.54) is 39.5 Å². The van der Waals surface area contributed by atoms with Crippen LogP contribution in [-0.4, -0.2) is 7.11 Å². The zero-order chi connectivity index (χ0) is 21.3. The fraction of sp³-hybridized carbons (Fsp3) is 0.214. The van der Waals surface area contributed by atoms with Crippen LogP contribution < -0.4 is 11.6 Å². The van der Waals surface area contributed by atoms with Gasteiger partial charge in [0.05, 0.1) is 0 Å². The van der Waals surface area contributed by atoms with Crippen LogP contribution in [0, 0.1) is 5.92 Å². The predicted molar refractivity (Wildman–Crippen MR) is 125 cm³/mol. The molecule has 0 fully saturated rings. The molecule has 0 bridgehead atoms. The van der Waals surface area contributed by atoms with Crippen molar-refractivity contribution in [2.45, 2.75) is 27.7 Å². The van der Waals surface area contributed by atoms with Crippen molar-refractivity contribution in [1.82, 2.24) is 0 Å². The molecule has 0 radical (unpaired) electrons. The first-order valence-corrected chi connectivity index (χ1v) is 13.6. The van der Waals surface area contributed by atoms with Gasteiger partial charge in [0, 0.05) is 0 Å². The molecule has 4 rings (SSSR count). The second-order valence-electron chi connectivity index (χ2n) is 8.23. The molecule has 30 heavy (non-hydrogen) atoms. The van der Waals surface area contributed by atoms with E-state index in [-0.39, 0.29) is 0 Å². The van der Waals surface area contributed by atoms with Crippen molar-refractivity contribution in [1.29, 1.82) is 0 Å². The molecule has 3 aromatic rings. The monoisotopic (exact) mass is 430 g/mol. The van der Waals surface area contributed by atoms with Gasteiger partial charge in [-0.25, -0.2) is 0 Å². The van der Waals surface area contributed by atoms with Gasteiger partial charge in [-0.3, -0.25) is 0 Å². The number of allylic oxidation sites excluding steroid dienone is 4. The minimum atomic E-state index is -3.36. The Balaban J connectivity index is 2.05. The van der Waals surface area contributed by atoms with Gasteiger partial charge in [0.2, 0.25) is 0 Å². The molecule has 0 saturated carbocycles. The van der Waals surface area contributed by atoms with Crippen molar-refractivity contribution in [2.75, 3.05) is 7.11 Å². The maximum atomic E-state index is 6.67. The van der Waals surface area contributed by atoms with Crippen molar-refractivity contribution in [3.63, 3.8) is 0 Å². The summed E-state index contributed by atoms with van der Waals surface area (Å²) in [6, 6.07) is 30.7. The molecule has 2 heteroatoms. The third-order valence-electron chi connectivity index (χ3n) is 6.90. The van der Waals surface area contributed by atoms with E-state index in [1.807, 2.05) is 7.11 Å². The van der Waals surface area contributed by atoms with Crippen molar-refractivity contribution in [3.8, 4) is 0 Å². The van der Waals surface area contributed by atoms with Gasteiger partial charge in [0.25, 0.3) is 0 Å². The molecule has 3 aromatic carbocycles. The molecule has 0 spiro atoms. The quantitative estimate of drug-likeness (QED) is 0.490. The van der Waals surface area contributed by atoms with Crippen molar-refractivity contribution >= 4 is 17.2 Å². The number of benzene rings is 3. The van der Waals surface area contributed by atoms with E-state index in [0.717, 1.165) is 0 Å². The van der Waals surface area contributed by atoms with Crippen LogP contribution in [0.1, 0.15) is 33.3 Å². The minimum absolute atomic E-state index is 0.426. The van der Waals surface area contributed by atoms with Crippen molar-refractivity contribution in [3.05, 3.63) is 107 Å². The normalized spacial score (nSPS) is 17.0. The van der Waals surface area contributed by atoms with Gasteiger partial charge in [-0.15, -0.1) is 0 Å². The first-order chi connectivity index (χ1) is 14.5. The second-order valence-corrected chi connectivity index (χ2v) is 13.6. The van der Waals surface area contributed by atoms with Gasteiger partial charge < -0.3 is 0 Å². The summed E-state index contributed by atoms with van der Waals surface area (Å²) in [5.74, 6) is 0.426. The summed E-state index contributed by atoms with van der Waals surface area (Å²) in [7, 11) is 1.91. The fourth-order valence-electron chi connectivity index (χ4n) is 4.99. The van der Waals surface area contributed by atoms with Crippen molar-refractivity contribution in [2.24, 2.45) is 5.92 Å². The van der Waals surface area contributed by atoms with Gasteiger partial charge in [0.15, 0.2) is 0 Å². The molecule has 1 aliphatic rings. The van der Waals surface area contributed by atoms with E-state index in [4.69, 9.17) is 3.32 Å². The van der Waals surface area contributed by atoms with E-state index in [9.17, 15) is 0 Å². The van der Waals surface area contributed by atoms with Gasteiger partial charge >= 0.3 is 185 Å². The molecular weight excluding hydrogens is 400 g/mol. The molecular formula is C28H30OTi. The Labute approximate surface area is 185 Å². The van der Waals surface area contributed by atoms with Gasteiger partial charge in [-0.2, -0.15) is 0 Å². The van der Waals surface area contributed by atoms with E-state index >= 15 is 0 Å². The Morgan fingerprint density at radius 1 is 0.667 bits per heavy atom. The van der Waals surface area contributed by atoms with E-state index < -0.39 is 17.0 Å². The molecule has 152 valence electrons. The standard InChI is InChI=1S/C15H17.2C6H5.CH3O.Ti/c1-10-11(2)13(4)15(12(10)3)14-8-6-5-7-9-14;2*1-2-4-6-5-3-1;1-2;/h5-8,12H,1-4H3;2*1-5H;1H3;/q;;;-1;+1. The molecule has 0 heterocycles. The van der Waals surface area contributed by atoms with Crippen LogP contribution in [0.3, 0.4) is 0 Å². The SMILES string of the molecule is C[O][Ti]([c]1ccccc1)([c]1ccccc1)[c]1ccccc1C1=C(C)C(C)=C(C)C1C. The summed E-state index contributed by atoms with van der Waals surface area (Å²) >= 11 is -3.36. The molecule has 1 atom stereocenters. The average Bonchev–Trinajstić information content (AvgIpc) is 2.99. The molecule has 1 aliphatic carbocycles. The third-order valence-corrected chi connectivity index (χ3v) is 13.3. The molecule has 0 saturated heterocycles. The molecule has 0 aliphatic heterocycles. The van der Waals surface area contributed by atoms with Crippen LogP contribution in [-0.2, 0) is 20.3 Å². The van der Waals surface area contributed by atoms with Crippen LogP contribution in [0.25, 0.3) is 5.57 Å². The van der Waals surface area contributed by atoms with Gasteiger partial charge in [-0.05, 0) is 0 Å². The summed E-state index contributed by atoms with van der Waals surface area (Å²) in [6.07, 6.45) is 0. The second kappa shape index (κ2) is 8.51. The summed E-state index contributed by atoms with van der Waals surface area (Å²) in [5.41, 5.74) is 7.14. The van der Waals surface area contributed by atoms with Crippen LogP contribution in [0.4, 0.5) is 0 Å². The third kappa shape index (κ3) is 3.26. The predicted octanol–water partition coefficient (Wildman–Crippen LogP) is 5.44.